The lowest BCUT2D eigenvalue weighted by atomic mass is 9.76. The van der Waals surface area contributed by atoms with Crippen LogP contribution >= 0.6 is 0 Å². The van der Waals surface area contributed by atoms with Crippen LogP contribution in [0.2, 0.25) is 0 Å². The van der Waals surface area contributed by atoms with Gasteiger partial charge in [0.1, 0.15) is 5.75 Å². The van der Waals surface area contributed by atoms with Gasteiger partial charge in [-0.15, -0.1) is 0 Å². The standard InChI is InChI=1S/C20H22FNO3/c1-11-6-14-13(8-16(11)23)7-15-18-12(4-5-22(15)2)9-17(25-10-21)20(24-3)19(14)18/h6,8-9,15,23H,4-5,7,10H2,1-3H3. The summed E-state index contributed by atoms with van der Waals surface area (Å²) in [5.74, 6) is 1.32. The molecule has 2 aliphatic rings. The number of likely N-dealkylation sites (N-methyl/N-ethyl adjacent to an activating group) is 1. The molecule has 4 rings (SSSR count). The number of rotatable bonds is 3. The first kappa shape index (κ1) is 16.2. The van der Waals surface area contributed by atoms with Gasteiger partial charge < -0.3 is 14.6 Å². The van der Waals surface area contributed by atoms with E-state index in [0.29, 0.717) is 17.2 Å². The van der Waals surface area contributed by atoms with Gasteiger partial charge in [0, 0.05) is 18.2 Å². The normalized spacial score (nSPS) is 18.5. The van der Waals surface area contributed by atoms with Gasteiger partial charge in [0.05, 0.1) is 7.11 Å². The summed E-state index contributed by atoms with van der Waals surface area (Å²) >= 11 is 0. The molecule has 2 aromatic rings. The number of hydrogen-bond acceptors (Lipinski definition) is 4. The Morgan fingerprint density at radius 2 is 2.08 bits per heavy atom. The number of nitrogens with zero attached hydrogens (tertiary/aromatic N) is 1. The zero-order chi connectivity index (χ0) is 17.7. The predicted molar refractivity (Wildman–Crippen MR) is 94.2 cm³/mol. The van der Waals surface area contributed by atoms with Gasteiger partial charge in [0.25, 0.3) is 0 Å². The van der Waals surface area contributed by atoms with Crippen molar-refractivity contribution in [2.75, 3.05) is 27.6 Å². The summed E-state index contributed by atoms with van der Waals surface area (Å²) in [4.78, 5) is 2.33. The average Bonchev–Trinajstić information content (AvgIpc) is 2.59. The van der Waals surface area contributed by atoms with Crippen molar-refractivity contribution in [3.63, 3.8) is 0 Å². The molecule has 0 saturated heterocycles. The number of fused-ring (bicyclic) bond motifs is 2. The second-order valence-electron chi connectivity index (χ2n) is 6.86. The minimum Gasteiger partial charge on any atom is -0.508 e. The fraction of sp³-hybridized carbons (Fsp3) is 0.400. The Bertz CT molecular complexity index is 850. The van der Waals surface area contributed by atoms with E-state index in [-0.39, 0.29) is 6.04 Å². The van der Waals surface area contributed by atoms with Crippen LogP contribution < -0.4 is 9.47 Å². The predicted octanol–water partition coefficient (Wildman–Crippen LogP) is 3.77. The molecule has 5 heteroatoms. The Morgan fingerprint density at radius 3 is 2.80 bits per heavy atom. The van der Waals surface area contributed by atoms with Crippen molar-refractivity contribution < 1.29 is 19.0 Å². The van der Waals surface area contributed by atoms with Crippen LogP contribution in [0.25, 0.3) is 11.1 Å². The number of aromatic hydroxyl groups is 1. The first-order valence-electron chi connectivity index (χ1n) is 8.50. The largest absolute Gasteiger partial charge is 0.508 e. The van der Waals surface area contributed by atoms with Crippen molar-refractivity contribution >= 4 is 0 Å². The van der Waals surface area contributed by atoms with Crippen molar-refractivity contribution in [1.82, 2.24) is 4.90 Å². The molecule has 0 amide bonds. The van der Waals surface area contributed by atoms with Gasteiger partial charge in [-0.1, -0.05) is 0 Å². The quantitative estimate of drug-likeness (QED) is 0.921. The third kappa shape index (κ3) is 2.37. The fourth-order valence-electron chi connectivity index (χ4n) is 4.21. The maximum absolute atomic E-state index is 12.9. The summed E-state index contributed by atoms with van der Waals surface area (Å²) in [7, 11) is 3.71. The number of benzene rings is 2. The summed E-state index contributed by atoms with van der Waals surface area (Å²) in [5.41, 5.74) is 6.35. The van der Waals surface area contributed by atoms with E-state index in [4.69, 9.17) is 9.47 Å². The highest BCUT2D eigenvalue weighted by Crippen LogP contribution is 2.53. The summed E-state index contributed by atoms with van der Waals surface area (Å²) in [5, 5.41) is 10.2. The fourth-order valence-corrected chi connectivity index (χ4v) is 4.21. The van der Waals surface area contributed by atoms with E-state index in [9.17, 15) is 9.50 Å². The summed E-state index contributed by atoms with van der Waals surface area (Å²) in [6.45, 7) is 1.93. The highest BCUT2D eigenvalue weighted by Gasteiger charge is 2.36. The van der Waals surface area contributed by atoms with Gasteiger partial charge in [0.15, 0.2) is 11.5 Å². The van der Waals surface area contributed by atoms with E-state index >= 15 is 0 Å². The molecule has 0 radical (unpaired) electrons. The van der Waals surface area contributed by atoms with Crippen LogP contribution in [0.5, 0.6) is 17.2 Å². The van der Waals surface area contributed by atoms with Crippen molar-refractivity contribution in [3.8, 4) is 28.4 Å². The number of aryl methyl sites for hydroxylation is 1. The molecule has 25 heavy (non-hydrogen) atoms. The molecule has 0 bridgehead atoms. The molecule has 1 unspecified atom stereocenters. The Kier molecular flexibility index (Phi) is 3.84. The van der Waals surface area contributed by atoms with Crippen molar-refractivity contribution in [1.29, 1.82) is 0 Å². The van der Waals surface area contributed by atoms with Gasteiger partial charge in [-0.3, -0.25) is 4.90 Å². The summed E-state index contributed by atoms with van der Waals surface area (Å²) < 4.78 is 23.8. The number of phenolic OH excluding ortho intramolecular Hbond substituents is 1. The van der Waals surface area contributed by atoms with E-state index < -0.39 is 6.86 Å². The first-order valence-corrected chi connectivity index (χ1v) is 8.50. The van der Waals surface area contributed by atoms with Crippen LogP contribution in [0.15, 0.2) is 18.2 Å². The number of ether oxygens (including phenoxy) is 2. The molecule has 0 saturated carbocycles. The summed E-state index contributed by atoms with van der Waals surface area (Å²) in [6, 6.07) is 5.99. The molecule has 0 fully saturated rings. The van der Waals surface area contributed by atoms with Crippen LogP contribution in [0.3, 0.4) is 0 Å². The van der Waals surface area contributed by atoms with Crippen LogP contribution in [0.1, 0.15) is 28.3 Å². The molecule has 0 spiro atoms. The van der Waals surface area contributed by atoms with Gasteiger partial charge in [-0.25, -0.2) is 4.39 Å². The third-order valence-corrected chi connectivity index (χ3v) is 5.49. The van der Waals surface area contributed by atoms with E-state index in [2.05, 4.69) is 11.9 Å². The monoisotopic (exact) mass is 343 g/mol. The zero-order valence-corrected chi connectivity index (χ0v) is 14.7. The molecule has 2 aromatic carbocycles. The Balaban J connectivity index is 2.07. The molecule has 1 heterocycles. The van der Waals surface area contributed by atoms with Crippen LogP contribution in [-0.2, 0) is 12.8 Å². The molecule has 0 aromatic heterocycles. The zero-order valence-electron chi connectivity index (χ0n) is 14.7. The smallest absolute Gasteiger partial charge is 0.228 e. The van der Waals surface area contributed by atoms with Crippen LogP contribution in [-0.4, -0.2) is 37.6 Å². The average molecular weight is 343 g/mol. The van der Waals surface area contributed by atoms with E-state index in [1.165, 1.54) is 11.1 Å². The van der Waals surface area contributed by atoms with Gasteiger partial charge in [0.2, 0.25) is 6.86 Å². The number of phenols is 1. The topological polar surface area (TPSA) is 41.9 Å². The van der Waals surface area contributed by atoms with Gasteiger partial charge in [-0.2, -0.15) is 0 Å². The molecular formula is C20H22FNO3. The minimum atomic E-state index is -0.890. The Morgan fingerprint density at radius 1 is 1.28 bits per heavy atom. The van der Waals surface area contributed by atoms with E-state index in [1.807, 2.05) is 25.1 Å². The number of halogens is 1. The van der Waals surface area contributed by atoms with Crippen LogP contribution in [0.4, 0.5) is 4.39 Å². The lowest BCUT2D eigenvalue weighted by molar-refractivity contribution is 0.183. The third-order valence-electron chi connectivity index (χ3n) is 5.49. The van der Waals surface area contributed by atoms with Crippen molar-refractivity contribution in [3.05, 3.63) is 40.5 Å². The maximum atomic E-state index is 12.9. The van der Waals surface area contributed by atoms with Crippen LogP contribution in [0, 0.1) is 6.92 Å². The molecule has 1 N–H and O–H groups in total. The maximum Gasteiger partial charge on any atom is 0.228 e. The second-order valence-corrected chi connectivity index (χ2v) is 6.86. The van der Waals surface area contributed by atoms with E-state index in [1.54, 1.807) is 7.11 Å². The van der Waals surface area contributed by atoms with Crippen molar-refractivity contribution in [2.45, 2.75) is 25.8 Å². The SMILES string of the molecule is COc1c(OCF)cc2c3c1-c1cc(C)c(O)cc1CC3N(C)CC2. The first-order chi connectivity index (χ1) is 12.0. The molecule has 1 atom stereocenters. The highest BCUT2D eigenvalue weighted by atomic mass is 19.1. The summed E-state index contributed by atoms with van der Waals surface area (Å²) in [6.07, 6.45) is 1.74. The van der Waals surface area contributed by atoms with E-state index in [0.717, 1.165) is 41.6 Å². The lowest BCUT2D eigenvalue weighted by Crippen LogP contribution is -2.35. The van der Waals surface area contributed by atoms with Crippen molar-refractivity contribution in [2.24, 2.45) is 0 Å². The van der Waals surface area contributed by atoms with Gasteiger partial charge in [-0.05, 0) is 72.8 Å². The number of hydrogen-bond donors (Lipinski definition) is 1. The molecular weight excluding hydrogens is 321 g/mol. The molecule has 4 nitrogen and oxygen atoms in total. The Labute approximate surface area is 146 Å². The number of methoxy groups -OCH3 is 1. The highest BCUT2D eigenvalue weighted by molar-refractivity contribution is 5.84. The van der Waals surface area contributed by atoms with Gasteiger partial charge >= 0.3 is 0 Å². The molecule has 1 aliphatic heterocycles. The molecule has 1 aliphatic carbocycles. The molecule has 132 valence electrons. The minimum absolute atomic E-state index is 0.224. The Hall–Kier alpha value is -2.27. The lowest BCUT2D eigenvalue weighted by Gasteiger charge is -2.40. The number of alkyl halides is 1. The second kappa shape index (κ2) is 5.92.